The van der Waals surface area contributed by atoms with Crippen molar-refractivity contribution in [3.8, 4) is 22.3 Å². The van der Waals surface area contributed by atoms with Crippen LogP contribution in [0.25, 0.3) is 43.8 Å². The number of hydrogen-bond acceptors (Lipinski definition) is 0. The summed E-state index contributed by atoms with van der Waals surface area (Å²) in [5, 5.41) is 5.60. The first-order chi connectivity index (χ1) is 24.4. The third kappa shape index (κ3) is 9.60. The van der Waals surface area contributed by atoms with E-state index in [1.54, 1.807) is 0 Å². The number of fused-ring (bicyclic) bond motifs is 2. The third-order valence-corrected chi connectivity index (χ3v) is 11.3. The normalized spacial score (nSPS) is 15.2. The summed E-state index contributed by atoms with van der Waals surface area (Å²) in [5.41, 5.74) is 9.61. The quantitative estimate of drug-likeness (QED) is 0.106. The summed E-state index contributed by atoms with van der Waals surface area (Å²) in [5.74, 6) is 0. The number of rotatable bonds is 8. The zero-order chi connectivity index (χ0) is 35.4. The average Bonchev–Trinajstić information content (AvgIpc) is 3.73. The Kier molecular flexibility index (Phi) is 14.8. The van der Waals surface area contributed by atoms with Gasteiger partial charge in [0.15, 0.2) is 0 Å². The zero-order valence-corrected chi connectivity index (χ0v) is 35.3. The second-order valence-electron chi connectivity index (χ2n) is 14.4. The van der Waals surface area contributed by atoms with Crippen LogP contribution in [-0.4, -0.2) is 9.52 Å². The van der Waals surface area contributed by atoms with Crippen LogP contribution in [0, 0.1) is 10.8 Å². The van der Waals surface area contributed by atoms with Crippen LogP contribution in [0.4, 0.5) is 0 Å². The Morgan fingerprint density at radius 2 is 0.940 bits per heavy atom. The molecule has 0 spiro atoms. The summed E-state index contributed by atoms with van der Waals surface area (Å²) < 4.78 is 0. The van der Waals surface area contributed by atoms with E-state index < -0.39 is 20.8 Å². The predicted octanol–water partition coefficient (Wildman–Crippen LogP) is 14.9. The van der Waals surface area contributed by atoms with E-state index in [1.165, 1.54) is 119 Å². The molecular weight excluding hydrogens is 743 g/mol. The second-order valence-corrected chi connectivity index (χ2v) is 19.1. The average molecular weight is 795 g/mol. The Morgan fingerprint density at radius 3 is 1.24 bits per heavy atom. The van der Waals surface area contributed by atoms with Crippen molar-refractivity contribution in [2.45, 2.75) is 91.1 Å². The van der Waals surface area contributed by atoms with E-state index in [0.29, 0.717) is 10.8 Å². The van der Waals surface area contributed by atoms with Gasteiger partial charge in [0, 0.05) is 9.52 Å². The number of halogens is 2. The molecule has 0 N–H and O–H groups in total. The molecule has 6 aromatic carbocycles. The maximum atomic E-state index is 4.93. The fourth-order valence-electron chi connectivity index (χ4n) is 8.07. The molecule has 2 fully saturated rings. The van der Waals surface area contributed by atoms with Crippen LogP contribution < -0.4 is 0 Å². The van der Waals surface area contributed by atoms with Crippen molar-refractivity contribution in [3.05, 3.63) is 132 Å². The first-order valence-corrected chi connectivity index (χ1v) is 26.8. The van der Waals surface area contributed by atoms with Gasteiger partial charge in [-0.1, -0.05) is 137 Å². The summed E-state index contributed by atoms with van der Waals surface area (Å²) in [6.45, 7) is 9.02. The molecule has 0 heterocycles. The molecule has 0 aliphatic heterocycles. The molecule has 0 unspecified atom stereocenters. The van der Waals surface area contributed by atoms with Crippen LogP contribution in [0.1, 0.15) is 76.3 Å². The molecular formula is C46H52Cl2SiZr. The topological polar surface area (TPSA) is 0 Å². The molecule has 2 saturated carbocycles. The van der Waals surface area contributed by atoms with Gasteiger partial charge in [-0.15, -0.1) is 69.1 Å². The standard InChI is InChI=1S/2C22H23.C2H6Si.2ClH.Zr/c2*1-2-22(12-7-13-22)16-17-14-19-10-6-11-20(21(19)15-17)18-8-4-3-5-9-18;1-3-2;;;/h2*3-6,8-11,14-15H,2,7,12-13,16H2,1H3;1-2H3;2*1H;/q2*-1;;;;+4/p-2. The molecule has 2 radical (unpaired) electrons. The molecule has 0 nitrogen and oxygen atoms in total. The van der Waals surface area contributed by atoms with Gasteiger partial charge in [0.05, 0.1) is 0 Å². The van der Waals surface area contributed by atoms with Gasteiger partial charge in [0.1, 0.15) is 0 Å². The van der Waals surface area contributed by atoms with Crippen molar-refractivity contribution in [3.63, 3.8) is 0 Å². The Labute approximate surface area is 323 Å². The molecule has 0 amide bonds. The van der Waals surface area contributed by atoms with E-state index in [-0.39, 0.29) is 0 Å². The molecule has 50 heavy (non-hydrogen) atoms. The van der Waals surface area contributed by atoms with Gasteiger partial charge >= 0.3 is 37.9 Å². The molecule has 2 aliphatic carbocycles. The molecule has 258 valence electrons. The minimum atomic E-state index is -0.826. The van der Waals surface area contributed by atoms with Gasteiger partial charge in [0.25, 0.3) is 0 Å². The number of benzene rings is 4. The van der Waals surface area contributed by atoms with Crippen LogP contribution in [0.3, 0.4) is 0 Å². The van der Waals surface area contributed by atoms with Gasteiger partial charge in [-0.3, -0.25) is 0 Å². The van der Waals surface area contributed by atoms with Gasteiger partial charge in [-0.2, -0.15) is 12.1 Å². The Balaban J connectivity index is 0.000000168. The monoisotopic (exact) mass is 792 g/mol. The van der Waals surface area contributed by atoms with Crippen molar-refractivity contribution < 1.29 is 20.8 Å². The van der Waals surface area contributed by atoms with Gasteiger partial charge in [0.2, 0.25) is 0 Å². The molecule has 4 heteroatoms. The van der Waals surface area contributed by atoms with Crippen molar-refractivity contribution in [2.24, 2.45) is 10.8 Å². The summed E-state index contributed by atoms with van der Waals surface area (Å²) >= 11 is -0.826. The number of hydrogen-bond donors (Lipinski definition) is 0. The summed E-state index contributed by atoms with van der Waals surface area (Å²) in [7, 11) is 11.0. The SMILES string of the molecule is CCC1(Cc2cc3c(-c4ccccc4)cccc3[cH-]2)CCC1.CCC1(Cc2cc3c(-c4ccccc4)cccc3[cH-]2)CCC1.C[Si]C.[Cl][Zr+2][Cl]. The Morgan fingerprint density at radius 1 is 0.580 bits per heavy atom. The molecule has 0 bridgehead atoms. The van der Waals surface area contributed by atoms with Gasteiger partial charge < -0.3 is 0 Å². The Bertz CT molecular complexity index is 1730. The summed E-state index contributed by atoms with van der Waals surface area (Å²) in [6.07, 6.45) is 13.6. The summed E-state index contributed by atoms with van der Waals surface area (Å²) in [4.78, 5) is 0. The fourth-order valence-corrected chi connectivity index (χ4v) is 8.07. The van der Waals surface area contributed by atoms with Crippen LogP contribution in [-0.2, 0) is 33.7 Å². The molecule has 2 aliphatic rings. The van der Waals surface area contributed by atoms with E-state index >= 15 is 0 Å². The second kappa shape index (κ2) is 19.0. The van der Waals surface area contributed by atoms with E-state index in [4.69, 9.17) is 17.0 Å². The van der Waals surface area contributed by atoms with Crippen LogP contribution in [0.5, 0.6) is 0 Å². The van der Waals surface area contributed by atoms with Crippen LogP contribution in [0.2, 0.25) is 13.1 Å². The van der Waals surface area contributed by atoms with Crippen molar-refractivity contribution in [1.82, 2.24) is 0 Å². The molecule has 0 atom stereocenters. The molecule has 0 saturated heterocycles. The first kappa shape index (κ1) is 39.0. The molecule has 8 rings (SSSR count). The van der Waals surface area contributed by atoms with Crippen LogP contribution in [0.15, 0.2) is 121 Å². The maximum absolute atomic E-state index is 4.93. The first-order valence-electron chi connectivity index (χ1n) is 18.4. The van der Waals surface area contributed by atoms with E-state index in [9.17, 15) is 0 Å². The van der Waals surface area contributed by atoms with Gasteiger partial charge in [-0.25, -0.2) is 0 Å². The molecule has 0 aromatic heterocycles. The van der Waals surface area contributed by atoms with Crippen molar-refractivity contribution in [2.75, 3.05) is 0 Å². The van der Waals surface area contributed by atoms with Crippen LogP contribution >= 0.6 is 17.0 Å². The van der Waals surface area contributed by atoms with E-state index in [1.807, 2.05) is 0 Å². The predicted molar refractivity (Wildman–Crippen MR) is 220 cm³/mol. The fraction of sp³-hybridized carbons (Fsp3) is 0.348. The van der Waals surface area contributed by atoms with Crippen molar-refractivity contribution in [1.29, 1.82) is 0 Å². The third-order valence-electron chi connectivity index (χ3n) is 11.3. The summed E-state index contributed by atoms with van der Waals surface area (Å²) in [6, 6.07) is 44.6. The minimum absolute atomic E-state index is 0.595. The molecule has 6 aromatic rings. The van der Waals surface area contributed by atoms with Gasteiger partial charge in [-0.05, 0) is 60.5 Å². The zero-order valence-electron chi connectivity index (χ0n) is 30.4. The van der Waals surface area contributed by atoms with E-state index in [0.717, 1.165) is 9.52 Å². The van der Waals surface area contributed by atoms with E-state index in [2.05, 4.69) is 148 Å². The van der Waals surface area contributed by atoms with Crippen molar-refractivity contribution >= 4 is 48.1 Å². The Hall–Kier alpha value is -2.22.